The highest BCUT2D eigenvalue weighted by atomic mass is 16.6. The van der Waals surface area contributed by atoms with E-state index in [1.165, 1.54) is 0 Å². The molecule has 0 aromatic carbocycles. The summed E-state index contributed by atoms with van der Waals surface area (Å²) in [4.78, 5) is 17.4. The van der Waals surface area contributed by atoms with Gasteiger partial charge in [-0.1, -0.05) is 0 Å². The molecule has 1 aromatic heterocycles. The smallest absolute Gasteiger partial charge is 0.410 e. The molecule has 2 rings (SSSR count). The molecule has 0 aliphatic carbocycles. The van der Waals surface area contributed by atoms with Crippen LogP contribution in [0.1, 0.15) is 12.0 Å². The first-order valence-corrected chi connectivity index (χ1v) is 6.25. The first kappa shape index (κ1) is 12.8. The van der Waals surface area contributed by atoms with E-state index in [2.05, 4.69) is 10.3 Å². The average Bonchev–Trinajstić information content (AvgIpc) is 2.41. The molecule has 1 amide bonds. The lowest BCUT2D eigenvalue weighted by Gasteiger charge is -2.32. The van der Waals surface area contributed by atoms with E-state index in [-0.39, 0.29) is 6.09 Å². The van der Waals surface area contributed by atoms with Gasteiger partial charge in [-0.25, -0.2) is 4.79 Å². The Hall–Kier alpha value is -1.62. The molecule has 0 saturated carbocycles. The van der Waals surface area contributed by atoms with E-state index < -0.39 is 0 Å². The molecule has 1 N–H and O–H groups in total. The number of nitrogens with one attached hydrogen (secondary N) is 1. The van der Waals surface area contributed by atoms with Crippen LogP contribution in [-0.2, 0) is 11.3 Å². The molecule has 1 atom stereocenters. The second-order valence-corrected chi connectivity index (χ2v) is 4.57. The van der Waals surface area contributed by atoms with Gasteiger partial charge in [0.05, 0.1) is 6.61 Å². The molecular formula is C13H19N3O2. The normalized spacial score (nSPS) is 19.7. The van der Waals surface area contributed by atoms with Crippen LogP contribution in [0.2, 0.25) is 0 Å². The predicted molar refractivity (Wildman–Crippen MR) is 68.0 cm³/mol. The van der Waals surface area contributed by atoms with Gasteiger partial charge in [0, 0.05) is 31.4 Å². The van der Waals surface area contributed by atoms with E-state index in [4.69, 9.17) is 4.74 Å². The first-order chi connectivity index (χ1) is 8.79. The first-order valence-electron chi connectivity index (χ1n) is 6.25. The standard InChI is InChI=1S/C13H19N3O2/c1-14-5-2-12-9-16(13(17)18-10-12)8-11-3-6-15-7-4-11/h3-4,6-7,12,14H,2,5,8-10H2,1H3. The Balaban J connectivity index is 1.91. The lowest BCUT2D eigenvalue weighted by Crippen LogP contribution is -2.43. The Morgan fingerprint density at radius 2 is 2.28 bits per heavy atom. The third kappa shape index (κ3) is 3.43. The van der Waals surface area contributed by atoms with Crippen molar-refractivity contribution in [3.05, 3.63) is 30.1 Å². The van der Waals surface area contributed by atoms with Gasteiger partial charge in [-0.05, 0) is 37.7 Å². The van der Waals surface area contributed by atoms with Crippen LogP contribution in [0, 0.1) is 5.92 Å². The lowest BCUT2D eigenvalue weighted by molar-refractivity contribution is 0.0380. The minimum Gasteiger partial charge on any atom is -0.449 e. The fourth-order valence-corrected chi connectivity index (χ4v) is 2.08. The molecule has 1 aliphatic rings. The maximum Gasteiger partial charge on any atom is 0.410 e. The fourth-order valence-electron chi connectivity index (χ4n) is 2.08. The molecule has 5 heteroatoms. The van der Waals surface area contributed by atoms with Gasteiger partial charge >= 0.3 is 6.09 Å². The van der Waals surface area contributed by atoms with E-state index in [0.717, 1.165) is 25.1 Å². The number of hydrogen-bond acceptors (Lipinski definition) is 4. The summed E-state index contributed by atoms with van der Waals surface area (Å²) in [6.07, 6.45) is 4.29. The number of carbonyl (C=O) groups is 1. The number of carbonyl (C=O) groups excluding carboxylic acids is 1. The summed E-state index contributed by atoms with van der Waals surface area (Å²) in [5.41, 5.74) is 1.08. The van der Waals surface area contributed by atoms with Crippen molar-refractivity contribution in [2.24, 2.45) is 5.92 Å². The van der Waals surface area contributed by atoms with E-state index in [9.17, 15) is 4.79 Å². The number of cyclic esters (lactones) is 1. The summed E-state index contributed by atoms with van der Waals surface area (Å²) in [7, 11) is 1.93. The van der Waals surface area contributed by atoms with Gasteiger partial charge in [-0.15, -0.1) is 0 Å². The van der Waals surface area contributed by atoms with Crippen molar-refractivity contribution >= 4 is 6.09 Å². The Kier molecular flexibility index (Phi) is 4.52. The molecule has 1 fully saturated rings. The molecule has 1 aromatic rings. The topological polar surface area (TPSA) is 54.5 Å². The van der Waals surface area contributed by atoms with Crippen molar-refractivity contribution in [2.75, 3.05) is 26.7 Å². The van der Waals surface area contributed by atoms with Gasteiger partial charge in [0.2, 0.25) is 0 Å². The third-order valence-electron chi connectivity index (χ3n) is 3.10. The Labute approximate surface area is 107 Å². The van der Waals surface area contributed by atoms with Crippen molar-refractivity contribution in [2.45, 2.75) is 13.0 Å². The number of amides is 1. The predicted octanol–water partition coefficient (Wildman–Crippen LogP) is 1.26. The number of hydrogen-bond donors (Lipinski definition) is 1. The second-order valence-electron chi connectivity index (χ2n) is 4.57. The highest BCUT2D eigenvalue weighted by molar-refractivity contribution is 5.68. The van der Waals surface area contributed by atoms with Crippen LogP contribution in [0.5, 0.6) is 0 Å². The van der Waals surface area contributed by atoms with Crippen LogP contribution in [-0.4, -0.2) is 42.7 Å². The van der Waals surface area contributed by atoms with E-state index >= 15 is 0 Å². The van der Waals surface area contributed by atoms with Crippen LogP contribution >= 0.6 is 0 Å². The van der Waals surface area contributed by atoms with Gasteiger partial charge in [0.1, 0.15) is 0 Å². The largest absolute Gasteiger partial charge is 0.449 e. The maximum absolute atomic E-state index is 11.7. The second kappa shape index (κ2) is 6.35. The summed E-state index contributed by atoms with van der Waals surface area (Å²) in [6, 6.07) is 3.84. The van der Waals surface area contributed by atoms with Gasteiger partial charge < -0.3 is 15.0 Å². The third-order valence-corrected chi connectivity index (χ3v) is 3.10. The fraction of sp³-hybridized carbons (Fsp3) is 0.538. The number of rotatable bonds is 5. The van der Waals surface area contributed by atoms with Crippen LogP contribution in [0.15, 0.2) is 24.5 Å². The summed E-state index contributed by atoms with van der Waals surface area (Å²) in [5.74, 6) is 0.414. The number of nitrogens with zero attached hydrogens (tertiary/aromatic N) is 2. The summed E-state index contributed by atoms with van der Waals surface area (Å²) in [5, 5.41) is 3.12. The summed E-state index contributed by atoms with van der Waals surface area (Å²) < 4.78 is 5.22. The Morgan fingerprint density at radius 3 is 3.00 bits per heavy atom. The maximum atomic E-state index is 11.7. The average molecular weight is 249 g/mol. The molecule has 18 heavy (non-hydrogen) atoms. The van der Waals surface area contributed by atoms with Gasteiger partial charge in [0.15, 0.2) is 0 Å². The molecule has 0 bridgehead atoms. The number of aromatic nitrogens is 1. The van der Waals surface area contributed by atoms with Crippen LogP contribution < -0.4 is 5.32 Å². The summed E-state index contributed by atoms with van der Waals surface area (Å²) >= 11 is 0. The molecule has 1 saturated heterocycles. The van der Waals surface area contributed by atoms with E-state index in [1.807, 2.05) is 19.2 Å². The van der Waals surface area contributed by atoms with Crippen molar-refractivity contribution in [1.82, 2.24) is 15.2 Å². The molecular weight excluding hydrogens is 230 g/mol. The van der Waals surface area contributed by atoms with Crippen molar-refractivity contribution < 1.29 is 9.53 Å². The van der Waals surface area contributed by atoms with Crippen LogP contribution in [0.4, 0.5) is 4.79 Å². The number of pyridine rings is 1. The lowest BCUT2D eigenvalue weighted by atomic mass is 10.0. The molecule has 1 aliphatic heterocycles. The molecule has 98 valence electrons. The molecule has 2 heterocycles. The quantitative estimate of drug-likeness (QED) is 0.853. The molecule has 0 radical (unpaired) electrons. The minimum atomic E-state index is -0.215. The van der Waals surface area contributed by atoms with E-state index in [1.54, 1.807) is 17.3 Å². The van der Waals surface area contributed by atoms with Crippen molar-refractivity contribution in [3.63, 3.8) is 0 Å². The SMILES string of the molecule is CNCCC1COC(=O)N(Cc2ccncc2)C1. The molecule has 0 spiro atoms. The highest BCUT2D eigenvalue weighted by Gasteiger charge is 2.26. The zero-order chi connectivity index (χ0) is 12.8. The Bertz CT molecular complexity index is 383. The molecule has 5 nitrogen and oxygen atoms in total. The minimum absolute atomic E-state index is 0.215. The zero-order valence-corrected chi connectivity index (χ0v) is 10.6. The number of ether oxygens (including phenoxy) is 1. The summed E-state index contributed by atoms with van der Waals surface area (Å²) in [6.45, 7) is 2.85. The van der Waals surface area contributed by atoms with Gasteiger partial charge in [-0.2, -0.15) is 0 Å². The highest BCUT2D eigenvalue weighted by Crippen LogP contribution is 2.16. The van der Waals surface area contributed by atoms with Crippen molar-refractivity contribution in [1.29, 1.82) is 0 Å². The van der Waals surface area contributed by atoms with Gasteiger partial charge in [0.25, 0.3) is 0 Å². The van der Waals surface area contributed by atoms with Crippen LogP contribution in [0.25, 0.3) is 0 Å². The molecule has 1 unspecified atom stereocenters. The monoisotopic (exact) mass is 249 g/mol. The van der Waals surface area contributed by atoms with Gasteiger partial charge in [-0.3, -0.25) is 4.98 Å². The zero-order valence-electron chi connectivity index (χ0n) is 10.6. The van der Waals surface area contributed by atoms with Crippen molar-refractivity contribution in [3.8, 4) is 0 Å². The van der Waals surface area contributed by atoms with E-state index in [0.29, 0.717) is 19.1 Å². The van der Waals surface area contributed by atoms with Crippen LogP contribution in [0.3, 0.4) is 0 Å². The Morgan fingerprint density at radius 1 is 1.50 bits per heavy atom.